The van der Waals surface area contributed by atoms with Crippen molar-refractivity contribution < 1.29 is 22.9 Å². The van der Waals surface area contributed by atoms with Gasteiger partial charge in [0, 0.05) is 30.8 Å². The lowest BCUT2D eigenvalue weighted by Gasteiger charge is -2.15. The highest BCUT2D eigenvalue weighted by atomic mass is 32.2. The van der Waals surface area contributed by atoms with Gasteiger partial charge in [0.15, 0.2) is 0 Å². The van der Waals surface area contributed by atoms with E-state index in [0.29, 0.717) is 13.1 Å². The lowest BCUT2D eigenvalue weighted by atomic mass is 10.1. The Hall–Kier alpha value is -3.57. The molecule has 31 heavy (non-hydrogen) atoms. The zero-order valence-corrected chi connectivity index (χ0v) is 17.2. The van der Waals surface area contributed by atoms with Gasteiger partial charge in [0.25, 0.3) is 17.5 Å². The van der Waals surface area contributed by atoms with Crippen LogP contribution in [0.3, 0.4) is 0 Å². The minimum absolute atomic E-state index is 0.0994. The van der Waals surface area contributed by atoms with Crippen LogP contribution in [-0.2, 0) is 14.8 Å². The number of carbonyl (C=O) groups excluding carboxylic acids is 2. The summed E-state index contributed by atoms with van der Waals surface area (Å²) < 4.78 is 26.4. The number of para-hydroxylation sites is 1. The summed E-state index contributed by atoms with van der Waals surface area (Å²) in [7, 11) is -3.58. The molecular formula is C20H20N4O6S. The SMILES string of the molecule is O=C(/C=C/c1ccccc1[N+](=O)[O-])NNC(=O)c1ccc(S(=O)(=O)N2CCCC2)cc1. The van der Waals surface area contributed by atoms with Crippen LogP contribution in [0.5, 0.6) is 0 Å². The van der Waals surface area contributed by atoms with E-state index in [2.05, 4.69) is 10.9 Å². The average Bonchev–Trinajstić information content (AvgIpc) is 3.32. The van der Waals surface area contributed by atoms with Gasteiger partial charge in [0.1, 0.15) is 0 Å². The number of nitro groups is 1. The van der Waals surface area contributed by atoms with Crippen LogP contribution in [0.25, 0.3) is 6.08 Å². The van der Waals surface area contributed by atoms with E-state index in [1.807, 2.05) is 0 Å². The molecule has 2 aromatic carbocycles. The molecule has 2 N–H and O–H groups in total. The molecule has 1 aliphatic heterocycles. The molecule has 3 rings (SSSR count). The van der Waals surface area contributed by atoms with Crippen LogP contribution in [-0.4, -0.2) is 42.6 Å². The lowest BCUT2D eigenvalue weighted by molar-refractivity contribution is -0.385. The van der Waals surface area contributed by atoms with Gasteiger partial charge in [-0.15, -0.1) is 0 Å². The predicted molar refractivity (Wildman–Crippen MR) is 112 cm³/mol. The first-order chi connectivity index (χ1) is 14.8. The number of hydrogen-bond acceptors (Lipinski definition) is 6. The maximum Gasteiger partial charge on any atom is 0.276 e. The number of amides is 2. The summed E-state index contributed by atoms with van der Waals surface area (Å²) in [5.74, 6) is -1.34. The van der Waals surface area contributed by atoms with Crippen LogP contribution in [0.1, 0.15) is 28.8 Å². The fourth-order valence-corrected chi connectivity index (χ4v) is 4.57. The van der Waals surface area contributed by atoms with Gasteiger partial charge in [-0.05, 0) is 49.2 Å². The Morgan fingerprint density at radius 2 is 1.65 bits per heavy atom. The zero-order chi connectivity index (χ0) is 22.4. The molecule has 2 aromatic rings. The van der Waals surface area contributed by atoms with Crippen molar-refractivity contribution in [3.8, 4) is 0 Å². The number of nitrogens with zero attached hydrogens (tertiary/aromatic N) is 2. The third kappa shape index (κ3) is 5.32. The van der Waals surface area contributed by atoms with Crippen LogP contribution in [0.2, 0.25) is 0 Å². The van der Waals surface area contributed by atoms with Gasteiger partial charge in [-0.2, -0.15) is 4.31 Å². The standard InChI is InChI=1S/C20H20N4O6S/c25-19(12-9-15-5-1-2-6-18(15)24(27)28)21-22-20(26)16-7-10-17(11-8-16)31(29,30)23-13-3-4-14-23/h1-2,5-12H,3-4,13-14H2,(H,21,25)(H,22,26)/b12-9+. The number of rotatable bonds is 6. The largest absolute Gasteiger partial charge is 0.276 e. The minimum Gasteiger partial charge on any atom is -0.268 e. The normalized spacial score (nSPS) is 14.5. The Kier molecular flexibility index (Phi) is 6.78. The van der Waals surface area contributed by atoms with Crippen molar-refractivity contribution in [3.63, 3.8) is 0 Å². The summed E-state index contributed by atoms with van der Waals surface area (Å²) in [6.45, 7) is 0.965. The van der Waals surface area contributed by atoms with Crippen molar-refractivity contribution in [3.05, 3.63) is 75.8 Å². The molecule has 0 unspecified atom stereocenters. The summed E-state index contributed by atoms with van der Waals surface area (Å²) in [6.07, 6.45) is 3.96. The van der Waals surface area contributed by atoms with E-state index >= 15 is 0 Å². The third-order valence-corrected chi connectivity index (χ3v) is 6.58. The van der Waals surface area contributed by atoms with E-state index in [0.717, 1.165) is 18.9 Å². The van der Waals surface area contributed by atoms with Crippen LogP contribution in [0.4, 0.5) is 5.69 Å². The molecule has 0 radical (unpaired) electrons. The highest BCUT2D eigenvalue weighted by molar-refractivity contribution is 7.89. The maximum atomic E-state index is 12.5. The number of hydrazine groups is 1. The Bertz CT molecular complexity index is 1120. The molecule has 0 saturated carbocycles. The van der Waals surface area contributed by atoms with Gasteiger partial charge in [-0.25, -0.2) is 8.42 Å². The molecule has 11 heteroatoms. The number of hydrogen-bond donors (Lipinski definition) is 2. The fourth-order valence-electron chi connectivity index (χ4n) is 3.05. The number of carbonyl (C=O) groups is 2. The molecule has 0 aliphatic carbocycles. The van der Waals surface area contributed by atoms with Crippen LogP contribution < -0.4 is 10.9 Å². The van der Waals surface area contributed by atoms with E-state index in [-0.39, 0.29) is 21.7 Å². The smallest absolute Gasteiger partial charge is 0.268 e. The van der Waals surface area contributed by atoms with Crippen molar-refractivity contribution in [1.29, 1.82) is 0 Å². The van der Waals surface area contributed by atoms with Gasteiger partial charge in [0.2, 0.25) is 10.0 Å². The van der Waals surface area contributed by atoms with E-state index in [9.17, 15) is 28.1 Å². The summed E-state index contributed by atoms with van der Waals surface area (Å²) in [6, 6.07) is 11.3. The van der Waals surface area contributed by atoms with Gasteiger partial charge in [-0.1, -0.05) is 12.1 Å². The minimum atomic E-state index is -3.58. The first-order valence-electron chi connectivity index (χ1n) is 9.41. The Balaban J connectivity index is 1.58. The highest BCUT2D eigenvalue weighted by Gasteiger charge is 2.27. The average molecular weight is 444 g/mol. The van der Waals surface area contributed by atoms with Crippen LogP contribution in [0, 0.1) is 10.1 Å². The second-order valence-electron chi connectivity index (χ2n) is 6.73. The molecular weight excluding hydrogens is 424 g/mol. The summed E-state index contributed by atoms with van der Waals surface area (Å²) >= 11 is 0. The first-order valence-corrected chi connectivity index (χ1v) is 10.8. The molecule has 2 amide bonds. The zero-order valence-electron chi connectivity index (χ0n) is 16.4. The Morgan fingerprint density at radius 3 is 2.29 bits per heavy atom. The van der Waals surface area contributed by atoms with Gasteiger partial charge >= 0.3 is 0 Å². The summed E-state index contributed by atoms with van der Waals surface area (Å²) in [4.78, 5) is 34.6. The van der Waals surface area contributed by atoms with E-state index in [1.54, 1.807) is 6.07 Å². The van der Waals surface area contributed by atoms with Crippen LogP contribution in [0.15, 0.2) is 59.5 Å². The molecule has 0 spiro atoms. The summed E-state index contributed by atoms with van der Waals surface area (Å²) in [5.41, 5.74) is 4.61. The molecule has 1 saturated heterocycles. The second-order valence-corrected chi connectivity index (χ2v) is 8.67. The fraction of sp³-hybridized carbons (Fsp3) is 0.200. The molecule has 10 nitrogen and oxygen atoms in total. The highest BCUT2D eigenvalue weighted by Crippen LogP contribution is 2.21. The topological polar surface area (TPSA) is 139 Å². The molecule has 162 valence electrons. The van der Waals surface area contributed by atoms with Crippen molar-refractivity contribution >= 4 is 33.6 Å². The first kappa shape index (κ1) is 22.1. The van der Waals surface area contributed by atoms with Crippen molar-refractivity contribution in [2.45, 2.75) is 17.7 Å². The molecule has 0 atom stereocenters. The molecule has 0 bridgehead atoms. The van der Waals surface area contributed by atoms with Crippen molar-refractivity contribution in [2.24, 2.45) is 0 Å². The van der Waals surface area contributed by atoms with E-state index in [1.165, 1.54) is 52.8 Å². The van der Waals surface area contributed by atoms with Gasteiger partial charge < -0.3 is 0 Å². The lowest BCUT2D eigenvalue weighted by Crippen LogP contribution is -2.40. The number of nitro benzene ring substituents is 1. The monoisotopic (exact) mass is 444 g/mol. The third-order valence-electron chi connectivity index (χ3n) is 4.67. The number of nitrogens with one attached hydrogen (secondary N) is 2. The van der Waals surface area contributed by atoms with Gasteiger partial charge in [-0.3, -0.25) is 30.6 Å². The van der Waals surface area contributed by atoms with E-state index in [4.69, 9.17) is 0 Å². The molecule has 1 aliphatic rings. The molecule has 1 fully saturated rings. The maximum absolute atomic E-state index is 12.5. The number of benzene rings is 2. The Labute approximate surface area is 178 Å². The van der Waals surface area contributed by atoms with Crippen molar-refractivity contribution in [2.75, 3.05) is 13.1 Å². The number of sulfonamides is 1. The predicted octanol–water partition coefficient (Wildman–Crippen LogP) is 1.85. The Morgan fingerprint density at radius 1 is 1.00 bits per heavy atom. The summed E-state index contributed by atoms with van der Waals surface area (Å²) in [5, 5.41) is 11.0. The van der Waals surface area contributed by atoms with E-state index < -0.39 is 26.8 Å². The second kappa shape index (κ2) is 9.49. The quantitative estimate of drug-likeness (QED) is 0.396. The molecule has 1 heterocycles. The molecule has 0 aromatic heterocycles. The van der Waals surface area contributed by atoms with Crippen molar-refractivity contribution in [1.82, 2.24) is 15.2 Å². The van der Waals surface area contributed by atoms with Crippen LogP contribution >= 0.6 is 0 Å². The van der Waals surface area contributed by atoms with Gasteiger partial charge in [0.05, 0.1) is 15.4 Å².